The third kappa shape index (κ3) is 1.99. The van der Waals surface area contributed by atoms with E-state index in [1.807, 2.05) is 24.5 Å². The van der Waals surface area contributed by atoms with Crippen molar-refractivity contribution >= 4 is 28.6 Å². The van der Waals surface area contributed by atoms with Gasteiger partial charge in [0.25, 0.3) is 0 Å². The standard InChI is InChI=1S/C11H11NO2S/c1-15-8-2-3-9-7(4-11(13)14)6-12-10(9)5-8/h2-3,5-6,12H,4H2,1H3,(H,13,14). The van der Waals surface area contributed by atoms with Crippen LogP contribution in [0.15, 0.2) is 29.3 Å². The van der Waals surface area contributed by atoms with Crippen LogP contribution in [0.1, 0.15) is 5.56 Å². The van der Waals surface area contributed by atoms with E-state index in [-0.39, 0.29) is 6.42 Å². The van der Waals surface area contributed by atoms with Gasteiger partial charge in [-0.2, -0.15) is 0 Å². The van der Waals surface area contributed by atoms with E-state index in [0.29, 0.717) is 0 Å². The van der Waals surface area contributed by atoms with Crippen LogP contribution < -0.4 is 0 Å². The summed E-state index contributed by atoms with van der Waals surface area (Å²) in [5, 5.41) is 9.72. The molecule has 4 heteroatoms. The van der Waals surface area contributed by atoms with Crippen LogP contribution in [0.2, 0.25) is 0 Å². The monoisotopic (exact) mass is 221 g/mol. The van der Waals surface area contributed by atoms with E-state index in [2.05, 4.69) is 4.98 Å². The van der Waals surface area contributed by atoms with E-state index in [1.165, 1.54) is 4.90 Å². The van der Waals surface area contributed by atoms with Crippen LogP contribution >= 0.6 is 11.8 Å². The highest BCUT2D eigenvalue weighted by molar-refractivity contribution is 7.98. The number of rotatable bonds is 3. The fourth-order valence-electron chi connectivity index (χ4n) is 1.60. The van der Waals surface area contributed by atoms with Crippen molar-refractivity contribution in [2.45, 2.75) is 11.3 Å². The molecule has 15 heavy (non-hydrogen) atoms. The number of aromatic amines is 1. The molecule has 0 saturated carbocycles. The highest BCUT2D eigenvalue weighted by Gasteiger charge is 2.07. The summed E-state index contributed by atoms with van der Waals surface area (Å²) in [7, 11) is 0. The lowest BCUT2D eigenvalue weighted by Crippen LogP contribution is -1.98. The number of benzene rings is 1. The van der Waals surface area contributed by atoms with Crippen LogP contribution in [0.5, 0.6) is 0 Å². The molecule has 0 saturated heterocycles. The highest BCUT2D eigenvalue weighted by atomic mass is 32.2. The molecule has 0 fully saturated rings. The Hall–Kier alpha value is -1.42. The average Bonchev–Trinajstić information content (AvgIpc) is 2.60. The normalized spacial score (nSPS) is 10.7. The predicted molar refractivity (Wildman–Crippen MR) is 61.4 cm³/mol. The lowest BCUT2D eigenvalue weighted by atomic mass is 10.1. The van der Waals surface area contributed by atoms with Crippen LogP contribution in [-0.2, 0) is 11.2 Å². The summed E-state index contributed by atoms with van der Waals surface area (Å²) >= 11 is 1.67. The van der Waals surface area contributed by atoms with Gasteiger partial charge in [0.15, 0.2) is 0 Å². The molecule has 0 atom stereocenters. The van der Waals surface area contributed by atoms with Gasteiger partial charge in [-0.25, -0.2) is 0 Å². The molecule has 0 unspecified atom stereocenters. The quantitative estimate of drug-likeness (QED) is 0.783. The van der Waals surface area contributed by atoms with Crippen molar-refractivity contribution in [1.82, 2.24) is 4.98 Å². The van der Waals surface area contributed by atoms with E-state index >= 15 is 0 Å². The minimum Gasteiger partial charge on any atom is -0.481 e. The molecule has 0 spiro atoms. The minimum absolute atomic E-state index is 0.0681. The molecule has 1 heterocycles. The second-order valence-corrected chi connectivity index (χ2v) is 4.18. The summed E-state index contributed by atoms with van der Waals surface area (Å²) in [6, 6.07) is 6.01. The van der Waals surface area contributed by atoms with Gasteiger partial charge in [-0.3, -0.25) is 4.79 Å². The maximum atomic E-state index is 10.6. The molecular formula is C11H11NO2S. The number of aromatic nitrogens is 1. The van der Waals surface area contributed by atoms with Gasteiger partial charge in [0.05, 0.1) is 6.42 Å². The summed E-state index contributed by atoms with van der Waals surface area (Å²) in [5.74, 6) is -0.801. The van der Waals surface area contributed by atoms with Gasteiger partial charge in [-0.15, -0.1) is 11.8 Å². The number of hydrogen-bond acceptors (Lipinski definition) is 2. The van der Waals surface area contributed by atoms with Crippen LogP contribution in [0.4, 0.5) is 0 Å². The number of H-pyrrole nitrogens is 1. The number of carboxylic acids is 1. The van der Waals surface area contributed by atoms with E-state index in [1.54, 1.807) is 18.0 Å². The Bertz CT molecular complexity index is 504. The topological polar surface area (TPSA) is 53.1 Å². The molecule has 1 aromatic heterocycles. The van der Waals surface area contributed by atoms with Crippen molar-refractivity contribution in [2.75, 3.05) is 6.26 Å². The summed E-state index contributed by atoms with van der Waals surface area (Å²) in [5.41, 5.74) is 1.84. The molecule has 0 bridgehead atoms. The van der Waals surface area contributed by atoms with E-state index in [9.17, 15) is 4.79 Å². The zero-order valence-corrected chi connectivity index (χ0v) is 9.10. The molecule has 0 aliphatic rings. The number of thioether (sulfide) groups is 1. The largest absolute Gasteiger partial charge is 0.481 e. The molecule has 2 aromatic rings. The number of hydrogen-bond donors (Lipinski definition) is 2. The predicted octanol–water partition coefficient (Wildman–Crippen LogP) is 2.52. The zero-order valence-electron chi connectivity index (χ0n) is 8.28. The Labute approximate surface area is 91.5 Å². The Balaban J connectivity index is 2.47. The van der Waals surface area contributed by atoms with Gasteiger partial charge in [-0.05, 0) is 24.0 Å². The molecule has 2 N–H and O–H groups in total. The molecule has 0 aliphatic carbocycles. The van der Waals surface area contributed by atoms with Gasteiger partial charge in [0, 0.05) is 22.0 Å². The second-order valence-electron chi connectivity index (χ2n) is 3.30. The molecule has 0 radical (unpaired) electrons. The van der Waals surface area contributed by atoms with E-state index in [0.717, 1.165) is 16.5 Å². The Kier molecular flexibility index (Phi) is 2.68. The van der Waals surface area contributed by atoms with Gasteiger partial charge in [0.2, 0.25) is 0 Å². The molecule has 1 aromatic carbocycles. The summed E-state index contributed by atoms with van der Waals surface area (Å²) in [6.45, 7) is 0. The summed E-state index contributed by atoms with van der Waals surface area (Å²) in [6.07, 6.45) is 3.85. The van der Waals surface area contributed by atoms with Crippen molar-refractivity contribution in [2.24, 2.45) is 0 Å². The van der Waals surface area contributed by atoms with E-state index < -0.39 is 5.97 Å². The fourth-order valence-corrected chi connectivity index (χ4v) is 2.04. The summed E-state index contributed by atoms with van der Waals surface area (Å²) in [4.78, 5) is 14.9. The third-order valence-corrected chi connectivity index (χ3v) is 3.04. The van der Waals surface area contributed by atoms with Gasteiger partial charge in [0.1, 0.15) is 0 Å². The van der Waals surface area contributed by atoms with Crippen LogP contribution in [0, 0.1) is 0 Å². The smallest absolute Gasteiger partial charge is 0.307 e. The molecular weight excluding hydrogens is 210 g/mol. The maximum absolute atomic E-state index is 10.6. The van der Waals surface area contributed by atoms with Gasteiger partial charge < -0.3 is 10.1 Å². The number of carboxylic acid groups (broad SMARTS) is 1. The Morgan fingerprint density at radius 2 is 2.33 bits per heavy atom. The molecule has 2 rings (SSSR count). The molecule has 0 aliphatic heterocycles. The number of aliphatic carboxylic acids is 1. The van der Waals surface area contributed by atoms with Crippen molar-refractivity contribution in [1.29, 1.82) is 0 Å². The first-order chi connectivity index (χ1) is 7.20. The van der Waals surface area contributed by atoms with Gasteiger partial charge >= 0.3 is 5.97 Å². The molecule has 0 amide bonds. The first kappa shape index (κ1) is 10.1. The SMILES string of the molecule is CSc1ccc2c(CC(=O)O)c[nH]c2c1. The first-order valence-corrected chi connectivity index (χ1v) is 5.79. The van der Waals surface area contributed by atoms with E-state index in [4.69, 9.17) is 5.11 Å². The maximum Gasteiger partial charge on any atom is 0.307 e. The Morgan fingerprint density at radius 1 is 1.53 bits per heavy atom. The first-order valence-electron chi connectivity index (χ1n) is 4.56. The zero-order chi connectivity index (χ0) is 10.8. The van der Waals surface area contributed by atoms with Crippen LogP contribution in [0.3, 0.4) is 0 Å². The number of nitrogens with one attached hydrogen (secondary N) is 1. The van der Waals surface area contributed by atoms with Gasteiger partial charge in [-0.1, -0.05) is 6.07 Å². The van der Waals surface area contributed by atoms with Crippen molar-refractivity contribution in [3.05, 3.63) is 30.0 Å². The van der Waals surface area contributed by atoms with Crippen molar-refractivity contribution < 1.29 is 9.90 Å². The van der Waals surface area contributed by atoms with Crippen molar-refractivity contribution in [3.8, 4) is 0 Å². The highest BCUT2D eigenvalue weighted by Crippen LogP contribution is 2.24. The fraction of sp³-hybridized carbons (Fsp3) is 0.182. The second kappa shape index (κ2) is 3.98. The minimum atomic E-state index is -0.801. The third-order valence-electron chi connectivity index (χ3n) is 2.32. The lowest BCUT2D eigenvalue weighted by Gasteiger charge is -1.97. The molecule has 78 valence electrons. The summed E-state index contributed by atoms with van der Waals surface area (Å²) < 4.78 is 0. The van der Waals surface area contributed by atoms with Crippen LogP contribution in [-0.4, -0.2) is 22.3 Å². The number of fused-ring (bicyclic) bond motifs is 1. The Morgan fingerprint density at radius 3 is 3.00 bits per heavy atom. The van der Waals surface area contributed by atoms with Crippen molar-refractivity contribution in [3.63, 3.8) is 0 Å². The lowest BCUT2D eigenvalue weighted by molar-refractivity contribution is -0.136. The molecule has 3 nitrogen and oxygen atoms in total. The number of carbonyl (C=O) groups is 1. The average molecular weight is 221 g/mol. The van der Waals surface area contributed by atoms with Crippen LogP contribution in [0.25, 0.3) is 10.9 Å².